The minimum atomic E-state index is -0.325. The van der Waals surface area contributed by atoms with Crippen molar-refractivity contribution < 1.29 is 4.79 Å². The molecule has 0 radical (unpaired) electrons. The molecule has 1 atom stereocenters. The van der Waals surface area contributed by atoms with Crippen LogP contribution in [0, 0.1) is 13.8 Å². The summed E-state index contributed by atoms with van der Waals surface area (Å²) >= 11 is 1.43. The summed E-state index contributed by atoms with van der Waals surface area (Å²) in [6.07, 6.45) is 0. The van der Waals surface area contributed by atoms with E-state index in [4.69, 9.17) is 4.98 Å². The first-order valence-corrected chi connectivity index (χ1v) is 9.85. The van der Waals surface area contributed by atoms with Gasteiger partial charge < -0.3 is 15.3 Å². The Morgan fingerprint density at radius 1 is 1.07 bits per heavy atom. The summed E-state index contributed by atoms with van der Waals surface area (Å²) in [4.78, 5) is 34.1. The van der Waals surface area contributed by atoms with Gasteiger partial charge in [0.25, 0.3) is 0 Å². The van der Waals surface area contributed by atoms with E-state index < -0.39 is 0 Å². The second-order valence-electron chi connectivity index (χ2n) is 6.84. The van der Waals surface area contributed by atoms with E-state index >= 15 is 0 Å². The summed E-state index contributed by atoms with van der Waals surface area (Å²) in [5, 5.41) is 4.54. The van der Waals surface area contributed by atoms with E-state index in [1.54, 1.807) is 18.2 Å². The number of para-hydroxylation sites is 1. The van der Waals surface area contributed by atoms with Crippen molar-refractivity contribution in [2.45, 2.75) is 31.0 Å². The summed E-state index contributed by atoms with van der Waals surface area (Å²) in [6, 6.07) is 13.4. The lowest BCUT2D eigenvalue weighted by Crippen LogP contribution is -2.22. The summed E-state index contributed by atoms with van der Waals surface area (Å²) in [7, 11) is 0. The lowest BCUT2D eigenvalue weighted by molar-refractivity contribution is -0.115. The van der Waals surface area contributed by atoms with Crippen LogP contribution in [0.5, 0.6) is 0 Å². The Labute approximate surface area is 165 Å². The minimum Gasteiger partial charge on any atom is -0.325 e. The van der Waals surface area contributed by atoms with Crippen LogP contribution in [0.2, 0.25) is 0 Å². The monoisotopic (exact) mass is 392 g/mol. The Morgan fingerprint density at radius 2 is 1.86 bits per heavy atom. The van der Waals surface area contributed by atoms with Crippen LogP contribution < -0.4 is 11.0 Å². The van der Waals surface area contributed by atoms with E-state index in [-0.39, 0.29) is 16.8 Å². The number of nitrogens with one attached hydrogen (secondary N) is 3. The minimum absolute atomic E-state index is 0.119. The molecular weight excluding hydrogens is 372 g/mol. The number of aromatic amines is 2. The molecule has 0 aliphatic rings. The number of aromatic nitrogens is 3. The Bertz CT molecular complexity index is 1260. The molecule has 142 valence electrons. The summed E-state index contributed by atoms with van der Waals surface area (Å²) < 4.78 is 0. The first-order chi connectivity index (χ1) is 13.4. The number of fused-ring (bicyclic) bond motifs is 2. The van der Waals surface area contributed by atoms with Gasteiger partial charge in [-0.2, -0.15) is 0 Å². The molecule has 0 saturated heterocycles. The highest BCUT2D eigenvalue weighted by Gasteiger charge is 2.17. The molecule has 0 saturated carbocycles. The number of aryl methyl sites for hydroxylation is 2. The molecule has 0 aliphatic heterocycles. The van der Waals surface area contributed by atoms with Crippen LogP contribution in [0.1, 0.15) is 18.1 Å². The van der Waals surface area contributed by atoms with Crippen molar-refractivity contribution >= 4 is 45.3 Å². The maximum Gasteiger partial charge on any atom is 0.323 e. The Hall–Kier alpha value is -3.06. The van der Waals surface area contributed by atoms with Crippen molar-refractivity contribution in [2.24, 2.45) is 0 Å². The van der Waals surface area contributed by atoms with E-state index in [2.05, 4.69) is 28.3 Å². The topological polar surface area (TPSA) is 90.6 Å². The van der Waals surface area contributed by atoms with Crippen molar-refractivity contribution in [3.63, 3.8) is 0 Å². The van der Waals surface area contributed by atoms with Gasteiger partial charge in [0.05, 0.1) is 26.8 Å². The zero-order valence-corrected chi connectivity index (χ0v) is 16.6. The number of hydrogen-bond acceptors (Lipinski definition) is 4. The molecule has 1 amide bonds. The number of anilines is 1. The molecule has 4 rings (SSSR count). The van der Waals surface area contributed by atoms with Gasteiger partial charge in [0.1, 0.15) is 0 Å². The number of H-pyrrole nitrogens is 2. The number of thioether (sulfide) groups is 1. The highest BCUT2D eigenvalue weighted by molar-refractivity contribution is 8.00. The number of carbonyl (C=O) groups excluding carboxylic acids is 1. The first-order valence-electron chi connectivity index (χ1n) is 8.97. The van der Waals surface area contributed by atoms with Crippen molar-refractivity contribution in [2.75, 3.05) is 5.32 Å². The number of benzene rings is 2. The van der Waals surface area contributed by atoms with E-state index in [1.165, 1.54) is 11.8 Å². The van der Waals surface area contributed by atoms with Crippen molar-refractivity contribution in [1.29, 1.82) is 0 Å². The number of hydrogen-bond donors (Lipinski definition) is 3. The quantitative estimate of drug-likeness (QED) is 0.455. The third-order valence-corrected chi connectivity index (χ3v) is 5.69. The number of imidazole rings is 1. The van der Waals surface area contributed by atoms with Gasteiger partial charge in [-0.05, 0) is 56.2 Å². The Morgan fingerprint density at radius 3 is 2.68 bits per heavy atom. The Balaban J connectivity index is 1.53. The van der Waals surface area contributed by atoms with Gasteiger partial charge in [0.15, 0.2) is 0 Å². The molecule has 2 aromatic carbocycles. The van der Waals surface area contributed by atoms with E-state index in [0.717, 1.165) is 27.1 Å². The third-order valence-electron chi connectivity index (χ3n) is 4.67. The molecule has 2 heterocycles. The largest absolute Gasteiger partial charge is 0.325 e. The van der Waals surface area contributed by atoms with Crippen LogP contribution in [-0.2, 0) is 4.79 Å². The molecule has 7 heteroatoms. The molecule has 6 nitrogen and oxygen atoms in total. The zero-order chi connectivity index (χ0) is 19.8. The zero-order valence-electron chi connectivity index (χ0n) is 15.8. The fourth-order valence-electron chi connectivity index (χ4n) is 3.18. The van der Waals surface area contributed by atoms with Gasteiger partial charge in [-0.25, -0.2) is 9.78 Å². The number of carbonyl (C=O) groups is 1. The van der Waals surface area contributed by atoms with Gasteiger partial charge in [0, 0.05) is 11.1 Å². The average molecular weight is 392 g/mol. The summed E-state index contributed by atoms with van der Waals surface area (Å²) in [5.74, 6) is -0.119. The Kier molecular flexibility index (Phi) is 4.68. The fourth-order valence-corrected chi connectivity index (χ4v) is 4.10. The van der Waals surface area contributed by atoms with Gasteiger partial charge in [0.2, 0.25) is 5.91 Å². The van der Waals surface area contributed by atoms with E-state index in [9.17, 15) is 9.59 Å². The van der Waals surface area contributed by atoms with Crippen molar-refractivity contribution in [1.82, 2.24) is 15.0 Å². The highest BCUT2D eigenvalue weighted by Crippen LogP contribution is 2.28. The van der Waals surface area contributed by atoms with Gasteiger partial charge in [-0.1, -0.05) is 30.0 Å². The van der Waals surface area contributed by atoms with Crippen molar-refractivity contribution in [3.05, 3.63) is 64.1 Å². The standard InChI is InChI=1S/C21H20N4O2S/c1-11-5-4-6-15-12(2)9-18(25-19(11)15)28-13(3)20(26)22-14-7-8-16-17(10-14)24-21(27)23-16/h4-10,13H,1-3H3,(H,22,26)(H2,23,24,27)/t13-/m1/s1. The number of pyridine rings is 1. The molecule has 0 unspecified atom stereocenters. The first kappa shape index (κ1) is 18.3. The fraction of sp³-hybridized carbons (Fsp3) is 0.190. The summed E-state index contributed by atoms with van der Waals surface area (Å²) in [5.41, 5.74) is 4.97. The predicted molar refractivity (Wildman–Crippen MR) is 114 cm³/mol. The average Bonchev–Trinajstić information content (AvgIpc) is 3.02. The second kappa shape index (κ2) is 7.16. The SMILES string of the molecule is Cc1cc(S[C@H](C)C(=O)Nc2ccc3[nH]c(=O)[nH]c3c2)nc2c(C)cccc12. The van der Waals surface area contributed by atoms with Crippen LogP contribution in [0.3, 0.4) is 0 Å². The van der Waals surface area contributed by atoms with Gasteiger partial charge in [-0.3, -0.25) is 4.79 Å². The molecule has 2 aromatic heterocycles. The lowest BCUT2D eigenvalue weighted by Gasteiger charge is -2.13. The number of nitrogens with zero attached hydrogens (tertiary/aromatic N) is 1. The normalized spacial score (nSPS) is 12.4. The maximum absolute atomic E-state index is 12.6. The molecular formula is C21H20N4O2S. The summed E-state index contributed by atoms with van der Waals surface area (Å²) in [6.45, 7) is 5.96. The van der Waals surface area contributed by atoms with Gasteiger partial charge in [-0.15, -0.1) is 0 Å². The van der Waals surface area contributed by atoms with E-state index in [0.29, 0.717) is 16.7 Å². The van der Waals surface area contributed by atoms with E-state index in [1.807, 2.05) is 32.0 Å². The van der Waals surface area contributed by atoms with Crippen molar-refractivity contribution in [3.8, 4) is 0 Å². The second-order valence-corrected chi connectivity index (χ2v) is 8.20. The van der Waals surface area contributed by atoms with Crippen LogP contribution in [0.25, 0.3) is 21.9 Å². The van der Waals surface area contributed by atoms with Crippen LogP contribution in [0.4, 0.5) is 5.69 Å². The smallest absolute Gasteiger partial charge is 0.323 e. The maximum atomic E-state index is 12.6. The molecule has 4 aromatic rings. The molecule has 0 spiro atoms. The molecule has 0 aliphatic carbocycles. The number of amides is 1. The van der Waals surface area contributed by atoms with Crippen LogP contribution in [0.15, 0.2) is 52.3 Å². The number of rotatable bonds is 4. The van der Waals surface area contributed by atoms with Crippen LogP contribution >= 0.6 is 11.8 Å². The third kappa shape index (κ3) is 3.53. The highest BCUT2D eigenvalue weighted by atomic mass is 32.2. The van der Waals surface area contributed by atoms with Crippen LogP contribution in [-0.4, -0.2) is 26.1 Å². The molecule has 0 bridgehead atoms. The lowest BCUT2D eigenvalue weighted by atomic mass is 10.1. The molecule has 0 fully saturated rings. The predicted octanol–water partition coefficient (Wildman–Crippen LogP) is 4.14. The van der Waals surface area contributed by atoms with Gasteiger partial charge >= 0.3 is 5.69 Å². The molecule has 28 heavy (non-hydrogen) atoms. The molecule has 3 N–H and O–H groups in total.